The van der Waals surface area contributed by atoms with E-state index < -0.39 is 0 Å². The number of hydrogen-bond donors (Lipinski definition) is 2. The van der Waals surface area contributed by atoms with Gasteiger partial charge in [-0.15, -0.1) is 0 Å². The number of allylic oxidation sites excluding steroid dienone is 1. The zero-order chi connectivity index (χ0) is 15.1. The molecule has 1 aliphatic rings. The predicted molar refractivity (Wildman–Crippen MR) is 88.1 cm³/mol. The molecule has 1 aliphatic carbocycles. The summed E-state index contributed by atoms with van der Waals surface area (Å²) in [6.07, 6.45) is 10.1. The van der Waals surface area contributed by atoms with Crippen molar-refractivity contribution in [2.24, 2.45) is 5.84 Å². The maximum absolute atomic E-state index is 5.85. The lowest BCUT2D eigenvalue weighted by atomic mass is 9.91. The van der Waals surface area contributed by atoms with Crippen molar-refractivity contribution < 1.29 is 4.74 Å². The maximum Gasteiger partial charge on any atom is 0.120 e. The number of nitrogens with one attached hydrogen (secondary N) is 1. The summed E-state index contributed by atoms with van der Waals surface area (Å²) in [5, 5.41) is 0. The van der Waals surface area contributed by atoms with E-state index in [-0.39, 0.29) is 12.1 Å². The minimum Gasteiger partial charge on any atom is -0.491 e. The Morgan fingerprint density at radius 3 is 2.71 bits per heavy atom. The van der Waals surface area contributed by atoms with Crippen LogP contribution in [0.5, 0.6) is 5.75 Å². The van der Waals surface area contributed by atoms with Crippen molar-refractivity contribution in [3.05, 3.63) is 41.5 Å². The van der Waals surface area contributed by atoms with Gasteiger partial charge < -0.3 is 4.74 Å². The van der Waals surface area contributed by atoms with Crippen molar-refractivity contribution in [1.29, 1.82) is 0 Å². The second kappa shape index (κ2) is 8.20. The first-order valence-electron chi connectivity index (χ1n) is 8.12. The molecule has 116 valence electrons. The lowest BCUT2D eigenvalue weighted by Gasteiger charge is -2.23. The van der Waals surface area contributed by atoms with Gasteiger partial charge in [0.25, 0.3) is 0 Å². The topological polar surface area (TPSA) is 47.3 Å². The molecule has 3 heteroatoms. The number of ether oxygens (including phenoxy) is 1. The molecule has 0 saturated heterocycles. The molecule has 0 fully saturated rings. The molecular formula is C18H28N2O. The van der Waals surface area contributed by atoms with Crippen LogP contribution in [0.2, 0.25) is 0 Å². The highest BCUT2D eigenvalue weighted by atomic mass is 16.5. The molecule has 1 aromatic rings. The quantitative estimate of drug-likeness (QED) is 0.483. The van der Waals surface area contributed by atoms with Gasteiger partial charge in [0.15, 0.2) is 0 Å². The molecule has 0 aliphatic heterocycles. The fourth-order valence-corrected chi connectivity index (χ4v) is 2.94. The normalized spacial score (nSPS) is 20.3. The molecule has 0 saturated carbocycles. The SMILES string of the molecule is CC(C)Oc1cccc(C(NN)/C2=C/CCCCCC2)c1. The van der Waals surface area contributed by atoms with Crippen LogP contribution in [-0.2, 0) is 0 Å². The van der Waals surface area contributed by atoms with Crippen molar-refractivity contribution in [1.82, 2.24) is 5.43 Å². The van der Waals surface area contributed by atoms with Crippen LogP contribution in [0.25, 0.3) is 0 Å². The Morgan fingerprint density at radius 1 is 1.14 bits per heavy atom. The summed E-state index contributed by atoms with van der Waals surface area (Å²) in [4.78, 5) is 0. The minimum absolute atomic E-state index is 0.0961. The van der Waals surface area contributed by atoms with Gasteiger partial charge in [0.2, 0.25) is 0 Å². The van der Waals surface area contributed by atoms with E-state index in [1.54, 1.807) is 0 Å². The number of benzene rings is 1. The van der Waals surface area contributed by atoms with Gasteiger partial charge in [-0.3, -0.25) is 5.84 Å². The summed E-state index contributed by atoms with van der Waals surface area (Å²) in [6, 6.07) is 8.37. The third kappa shape index (κ3) is 4.87. The van der Waals surface area contributed by atoms with Gasteiger partial charge in [-0.2, -0.15) is 0 Å². The van der Waals surface area contributed by atoms with E-state index in [1.165, 1.54) is 36.8 Å². The Labute approximate surface area is 128 Å². The molecule has 0 amide bonds. The monoisotopic (exact) mass is 288 g/mol. The molecule has 0 heterocycles. The average molecular weight is 288 g/mol. The van der Waals surface area contributed by atoms with Crippen LogP contribution >= 0.6 is 0 Å². The zero-order valence-electron chi connectivity index (χ0n) is 13.3. The Kier molecular flexibility index (Phi) is 6.27. The summed E-state index contributed by atoms with van der Waals surface area (Å²) in [7, 11) is 0. The highest BCUT2D eigenvalue weighted by molar-refractivity contribution is 5.35. The van der Waals surface area contributed by atoms with Crippen molar-refractivity contribution in [3.8, 4) is 5.75 Å². The van der Waals surface area contributed by atoms with Crippen LogP contribution < -0.4 is 16.0 Å². The van der Waals surface area contributed by atoms with Gasteiger partial charge in [0, 0.05) is 0 Å². The number of hydrogen-bond acceptors (Lipinski definition) is 3. The van der Waals surface area contributed by atoms with Gasteiger partial charge in [-0.05, 0) is 57.2 Å². The molecule has 2 rings (SSSR count). The summed E-state index contributed by atoms with van der Waals surface area (Å²) in [6.45, 7) is 4.09. The van der Waals surface area contributed by atoms with Crippen molar-refractivity contribution >= 4 is 0 Å². The lowest BCUT2D eigenvalue weighted by Crippen LogP contribution is -2.29. The Morgan fingerprint density at radius 2 is 1.95 bits per heavy atom. The average Bonchev–Trinajstić information content (AvgIpc) is 2.41. The molecular weight excluding hydrogens is 260 g/mol. The highest BCUT2D eigenvalue weighted by Crippen LogP contribution is 2.30. The molecule has 3 N–H and O–H groups in total. The van der Waals surface area contributed by atoms with Crippen LogP contribution in [0.3, 0.4) is 0 Å². The molecule has 0 radical (unpaired) electrons. The molecule has 1 unspecified atom stereocenters. The van der Waals surface area contributed by atoms with E-state index in [0.717, 1.165) is 18.6 Å². The molecule has 0 aromatic heterocycles. The molecule has 1 atom stereocenters. The third-order valence-corrected chi connectivity index (χ3v) is 3.93. The summed E-state index contributed by atoms with van der Waals surface area (Å²) < 4.78 is 5.79. The first kappa shape index (κ1) is 16.1. The van der Waals surface area contributed by atoms with E-state index in [9.17, 15) is 0 Å². The van der Waals surface area contributed by atoms with E-state index >= 15 is 0 Å². The number of rotatable bonds is 5. The van der Waals surface area contributed by atoms with Gasteiger partial charge in [0.1, 0.15) is 5.75 Å². The summed E-state index contributed by atoms with van der Waals surface area (Å²) in [5.74, 6) is 6.76. The van der Waals surface area contributed by atoms with Gasteiger partial charge in [-0.25, -0.2) is 5.43 Å². The minimum atomic E-state index is 0.0961. The fourth-order valence-electron chi connectivity index (χ4n) is 2.94. The molecule has 21 heavy (non-hydrogen) atoms. The first-order valence-corrected chi connectivity index (χ1v) is 8.12. The van der Waals surface area contributed by atoms with E-state index in [0.29, 0.717) is 0 Å². The van der Waals surface area contributed by atoms with E-state index in [4.69, 9.17) is 10.6 Å². The zero-order valence-corrected chi connectivity index (χ0v) is 13.3. The standard InChI is InChI=1S/C18H28N2O/c1-14(2)21-17-12-8-11-16(13-17)18(20-19)15-9-6-4-3-5-7-10-15/h8-9,11-14,18,20H,3-7,10,19H2,1-2H3/b15-9+. The lowest BCUT2D eigenvalue weighted by molar-refractivity contribution is 0.242. The second-order valence-electron chi connectivity index (χ2n) is 6.07. The smallest absolute Gasteiger partial charge is 0.120 e. The molecule has 1 aromatic carbocycles. The van der Waals surface area contributed by atoms with Crippen LogP contribution in [-0.4, -0.2) is 6.10 Å². The van der Waals surface area contributed by atoms with Gasteiger partial charge >= 0.3 is 0 Å². The van der Waals surface area contributed by atoms with Crippen molar-refractivity contribution in [2.45, 2.75) is 64.5 Å². The van der Waals surface area contributed by atoms with Crippen LogP contribution in [0, 0.1) is 0 Å². The van der Waals surface area contributed by atoms with Gasteiger partial charge in [0.05, 0.1) is 12.1 Å². The first-order chi connectivity index (χ1) is 10.2. The molecule has 0 spiro atoms. The highest BCUT2D eigenvalue weighted by Gasteiger charge is 2.16. The Bertz CT molecular complexity index is 468. The summed E-state index contributed by atoms with van der Waals surface area (Å²) in [5.41, 5.74) is 5.59. The summed E-state index contributed by atoms with van der Waals surface area (Å²) >= 11 is 0. The Balaban J connectivity index is 2.19. The van der Waals surface area contributed by atoms with Crippen molar-refractivity contribution in [2.75, 3.05) is 0 Å². The number of nitrogens with two attached hydrogens (primary N) is 1. The van der Waals surface area contributed by atoms with Crippen LogP contribution in [0.15, 0.2) is 35.9 Å². The van der Waals surface area contributed by atoms with E-state index in [1.807, 2.05) is 26.0 Å². The second-order valence-corrected chi connectivity index (χ2v) is 6.07. The van der Waals surface area contributed by atoms with E-state index in [2.05, 4.69) is 23.6 Å². The largest absolute Gasteiger partial charge is 0.491 e. The number of hydrazine groups is 1. The van der Waals surface area contributed by atoms with Crippen LogP contribution in [0.1, 0.15) is 64.0 Å². The Hall–Kier alpha value is -1.32. The van der Waals surface area contributed by atoms with Crippen molar-refractivity contribution in [3.63, 3.8) is 0 Å². The van der Waals surface area contributed by atoms with Gasteiger partial charge in [-0.1, -0.05) is 36.6 Å². The fraction of sp³-hybridized carbons (Fsp3) is 0.556. The van der Waals surface area contributed by atoms with Crippen LogP contribution in [0.4, 0.5) is 0 Å². The predicted octanol–water partition coefficient (Wildman–Crippen LogP) is 4.26. The molecule has 3 nitrogen and oxygen atoms in total. The third-order valence-electron chi connectivity index (χ3n) is 3.93. The molecule has 0 bridgehead atoms. The maximum atomic E-state index is 5.85.